The largest absolute Gasteiger partial charge is 0.381 e. The van der Waals surface area contributed by atoms with Gasteiger partial charge in [0.25, 0.3) is 0 Å². The molecule has 0 radical (unpaired) electrons. The Morgan fingerprint density at radius 2 is 1.95 bits per heavy atom. The van der Waals surface area contributed by atoms with Gasteiger partial charge >= 0.3 is 0 Å². The molecule has 1 N–H and O–H groups in total. The normalized spacial score (nSPS) is 10.7. The van der Waals surface area contributed by atoms with Gasteiger partial charge in [0.05, 0.1) is 5.52 Å². The Balaban J connectivity index is 1.89. The fraction of sp³-hybridized carbons (Fsp3) is 0.118. The maximum absolute atomic E-state index is 13.3. The number of nitrogens with one attached hydrogen (secondary N) is 1. The minimum atomic E-state index is -0.228. The van der Waals surface area contributed by atoms with Crippen LogP contribution in [0.4, 0.5) is 10.1 Å². The van der Waals surface area contributed by atoms with Crippen molar-refractivity contribution in [3.05, 3.63) is 71.7 Å². The Morgan fingerprint density at radius 3 is 2.85 bits per heavy atom. The molecule has 3 rings (SSSR count). The molecule has 2 aromatic carbocycles. The molecule has 0 aliphatic rings. The van der Waals surface area contributed by atoms with Crippen molar-refractivity contribution in [3.8, 4) is 0 Å². The Bertz CT molecular complexity index is 748. The highest BCUT2D eigenvalue weighted by Gasteiger charge is 2.04. The van der Waals surface area contributed by atoms with Gasteiger partial charge in [0.15, 0.2) is 0 Å². The third kappa shape index (κ3) is 2.48. The summed E-state index contributed by atoms with van der Waals surface area (Å²) in [7, 11) is 0. The van der Waals surface area contributed by atoms with E-state index in [0.29, 0.717) is 6.54 Å². The first-order valence-corrected chi connectivity index (χ1v) is 6.57. The Labute approximate surface area is 117 Å². The average Bonchev–Trinajstić information content (AvgIpc) is 2.48. The molecule has 0 bridgehead atoms. The van der Waals surface area contributed by atoms with Crippen LogP contribution in [0, 0.1) is 12.7 Å². The Morgan fingerprint density at radius 1 is 1.10 bits per heavy atom. The number of hydrogen-bond donors (Lipinski definition) is 1. The van der Waals surface area contributed by atoms with Crippen LogP contribution in [0.25, 0.3) is 10.9 Å². The molecular weight excluding hydrogens is 251 g/mol. The number of aryl methyl sites for hydroxylation is 1. The van der Waals surface area contributed by atoms with Crippen molar-refractivity contribution in [3.63, 3.8) is 0 Å². The molecule has 20 heavy (non-hydrogen) atoms. The molecule has 2 nitrogen and oxygen atoms in total. The molecule has 3 aromatic rings. The number of benzene rings is 2. The molecule has 1 aromatic heterocycles. The van der Waals surface area contributed by atoms with Gasteiger partial charge < -0.3 is 5.32 Å². The topological polar surface area (TPSA) is 24.9 Å². The summed E-state index contributed by atoms with van der Waals surface area (Å²) in [6, 6.07) is 14.8. The minimum absolute atomic E-state index is 0.228. The van der Waals surface area contributed by atoms with Gasteiger partial charge in [-0.05, 0) is 36.2 Å². The number of hydrogen-bond acceptors (Lipinski definition) is 2. The second-order valence-corrected chi connectivity index (χ2v) is 4.81. The van der Waals surface area contributed by atoms with Crippen LogP contribution >= 0.6 is 0 Å². The summed E-state index contributed by atoms with van der Waals surface area (Å²) < 4.78 is 13.3. The number of aromatic nitrogens is 1. The Kier molecular flexibility index (Phi) is 3.33. The van der Waals surface area contributed by atoms with Crippen molar-refractivity contribution >= 4 is 16.6 Å². The first-order chi connectivity index (χ1) is 9.74. The maximum atomic E-state index is 13.3. The number of para-hydroxylation sites is 1. The molecule has 0 atom stereocenters. The summed E-state index contributed by atoms with van der Waals surface area (Å²) in [6.07, 6.45) is 1.79. The van der Waals surface area contributed by atoms with E-state index in [2.05, 4.69) is 10.3 Å². The standard InChI is InChI=1S/C17H15FN2/c1-12-7-8-15(18)10-16(12)20-11-14-5-2-4-13-6-3-9-19-17(13)14/h2-10,20H,11H2,1H3. The number of halogens is 1. The molecule has 0 unspecified atom stereocenters. The summed E-state index contributed by atoms with van der Waals surface area (Å²) in [5.74, 6) is -0.228. The number of pyridine rings is 1. The van der Waals surface area contributed by atoms with Gasteiger partial charge in [0, 0.05) is 23.8 Å². The van der Waals surface area contributed by atoms with Gasteiger partial charge in [-0.2, -0.15) is 0 Å². The summed E-state index contributed by atoms with van der Waals surface area (Å²) in [6.45, 7) is 2.59. The van der Waals surface area contributed by atoms with E-state index < -0.39 is 0 Å². The minimum Gasteiger partial charge on any atom is -0.381 e. The molecular formula is C17H15FN2. The lowest BCUT2D eigenvalue weighted by Crippen LogP contribution is -2.02. The summed E-state index contributed by atoms with van der Waals surface area (Å²) in [5, 5.41) is 4.40. The van der Waals surface area contributed by atoms with Gasteiger partial charge in [0.1, 0.15) is 5.82 Å². The maximum Gasteiger partial charge on any atom is 0.125 e. The number of fused-ring (bicyclic) bond motifs is 1. The second-order valence-electron chi connectivity index (χ2n) is 4.81. The molecule has 3 heteroatoms. The molecule has 0 aliphatic heterocycles. The van der Waals surface area contributed by atoms with E-state index in [0.717, 1.165) is 27.7 Å². The molecule has 0 spiro atoms. The fourth-order valence-electron chi connectivity index (χ4n) is 2.29. The SMILES string of the molecule is Cc1ccc(F)cc1NCc1cccc2cccnc12. The van der Waals surface area contributed by atoms with E-state index >= 15 is 0 Å². The van der Waals surface area contributed by atoms with Crippen LogP contribution in [0.2, 0.25) is 0 Å². The van der Waals surface area contributed by atoms with Crippen LogP contribution in [-0.2, 0) is 6.54 Å². The van der Waals surface area contributed by atoms with Crippen LogP contribution in [0.3, 0.4) is 0 Å². The van der Waals surface area contributed by atoms with Gasteiger partial charge in [-0.25, -0.2) is 4.39 Å². The van der Waals surface area contributed by atoms with Crippen molar-refractivity contribution in [2.24, 2.45) is 0 Å². The summed E-state index contributed by atoms with van der Waals surface area (Å²) in [5.41, 5.74) is 3.93. The van der Waals surface area contributed by atoms with E-state index in [9.17, 15) is 4.39 Å². The zero-order chi connectivity index (χ0) is 13.9. The highest BCUT2D eigenvalue weighted by Crippen LogP contribution is 2.20. The van der Waals surface area contributed by atoms with E-state index in [1.807, 2.05) is 37.3 Å². The molecule has 100 valence electrons. The van der Waals surface area contributed by atoms with Gasteiger partial charge in [-0.3, -0.25) is 4.98 Å². The molecule has 0 fully saturated rings. The van der Waals surface area contributed by atoms with Crippen molar-refractivity contribution < 1.29 is 4.39 Å². The van der Waals surface area contributed by atoms with Crippen molar-refractivity contribution in [1.29, 1.82) is 0 Å². The van der Waals surface area contributed by atoms with E-state index in [1.54, 1.807) is 12.3 Å². The van der Waals surface area contributed by atoms with Gasteiger partial charge in [-0.15, -0.1) is 0 Å². The molecule has 0 saturated heterocycles. The number of rotatable bonds is 3. The van der Waals surface area contributed by atoms with Crippen molar-refractivity contribution in [2.75, 3.05) is 5.32 Å². The third-order valence-electron chi connectivity index (χ3n) is 3.39. The lowest BCUT2D eigenvalue weighted by molar-refractivity contribution is 0.628. The van der Waals surface area contributed by atoms with Crippen molar-refractivity contribution in [1.82, 2.24) is 4.98 Å². The summed E-state index contributed by atoms with van der Waals surface area (Å²) in [4.78, 5) is 4.42. The fourth-order valence-corrected chi connectivity index (χ4v) is 2.29. The predicted octanol–water partition coefficient (Wildman–Crippen LogP) is 4.29. The van der Waals surface area contributed by atoms with Crippen LogP contribution in [0.1, 0.15) is 11.1 Å². The number of anilines is 1. The van der Waals surface area contributed by atoms with E-state index in [-0.39, 0.29) is 5.82 Å². The molecule has 0 amide bonds. The van der Waals surface area contributed by atoms with Crippen molar-refractivity contribution in [2.45, 2.75) is 13.5 Å². The van der Waals surface area contributed by atoms with Crippen LogP contribution in [0.5, 0.6) is 0 Å². The van der Waals surface area contributed by atoms with Gasteiger partial charge in [-0.1, -0.05) is 30.3 Å². The first kappa shape index (κ1) is 12.6. The Hall–Kier alpha value is -2.42. The second kappa shape index (κ2) is 5.29. The van der Waals surface area contributed by atoms with Crippen LogP contribution in [0.15, 0.2) is 54.7 Å². The number of nitrogens with zero attached hydrogens (tertiary/aromatic N) is 1. The quantitative estimate of drug-likeness (QED) is 0.764. The van der Waals surface area contributed by atoms with Crippen LogP contribution in [-0.4, -0.2) is 4.98 Å². The molecule has 0 saturated carbocycles. The lowest BCUT2D eigenvalue weighted by Gasteiger charge is -2.11. The first-order valence-electron chi connectivity index (χ1n) is 6.57. The van der Waals surface area contributed by atoms with E-state index in [1.165, 1.54) is 12.1 Å². The lowest BCUT2D eigenvalue weighted by atomic mass is 10.1. The highest BCUT2D eigenvalue weighted by molar-refractivity contribution is 5.81. The zero-order valence-electron chi connectivity index (χ0n) is 11.2. The molecule has 0 aliphatic carbocycles. The zero-order valence-corrected chi connectivity index (χ0v) is 11.2. The summed E-state index contributed by atoms with van der Waals surface area (Å²) >= 11 is 0. The third-order valence-corrected chi connectivity index (χ3v) is 3.39. The van der Waals surface area contributed by atoms with Crippen LogP contribution < -0.4 is 5.32 Å². The monoisotopic (exact) mass is 266 g/mol. The smallest absolute Gasteiger partial charge is 0.125 e. The molecule has 1 heterocycles. The van der Waals surface area contributed by atoms with Gasteiger partial charge in [0.2, 0.25) is 0 Å². The predicted molar refractivity (Wildman–Crippen MR) is 80.2 cm³/mol. The van der Waals surface area contributed by atoms with E-state index in [4.69, 9.17) is 0 Å². The highest BCUT2D eigenvalue weighted by atomic mass is 19.1. The average molecular weight is 266 g/mol.